The molecule has 1 fully saturated rings. The average Bonchev–Trinajstić information content (AvgIpc) is 2.90. The monoisotopic (exact) mass is 316 g/mol. The minimum Gasteiger partial charge on any atom is -0.497 e. The lowest BCUT2D eigenvalue weighted by atomic mass is 9.97. The van der Waals surface area contributed by atoms with Gasteiger partial charge in [0, 0.05) is 24.0 Å². The highest BCUT2D eigenvalue weighted by atomic mass is 16.5. The van der Waals surface area contributed by atoms with Crippen LogP contribution in [0, 0.1) is 12.8 Å². The Morgan fingerprint density at radius 1 is 1.39 bits per heavy atom. The number of ether oxygens (including phenoxy) is 1. The van der Waals surface area contributed by atoms with Crippen LogP contribution < -0.4 is 10.5 Å². The summed E-state index contributed by atoms with van der Waals surface area (Å²) in [5, 5.41) is 0.858. The Kier molecular flexibility index (Phi) is 3.98. The number of hydrogen-bond acceptors (Lipinski definition) is 4. The molecule has 1 aliphatic rings. The van der Waals surface area contributed by atoms with Crippen LogP contribution in [-0.2, 0) is 4.79 Å². The number of rotatable bonds is 3. The minimum atomic E-state index is -0.353. The van der Waals surface area contributed by atoms with Gasteiger partial charge in [0.25, 0.3) is 5.91 Å². The van der Waals surface area contributed by atoms with Gasteiger partial charge in [-0.2, -0.15) is 0 Å². The van der Waals surface area contributed by atoms with Gasteiger partial charge in [0.15, 0.2) is 5.76 Å². The van der Waals surface area contributed by atoms with E-state index in [0.29, 0.717) is 30.2 Å². The van der Waals surface area contributed by atoms with Crippen LogP contribution in [0.3, 0.4) is 0 Å². The maximum Gasteiger partial charge on any atom is 0.289 e. The van der Waals surface area contributed by atoms with Crippen molar-refractivity contribution in [1.29, 1.82) is 0 Å². The van der Waals surface area contributed by atoms with Gasteiger partial charge in [-0.15, -0.1) is 0 Å². The summed E-state index contributed by atoms with van der Waals surface area (Å²) in [7, 11) is 1.60. The molecule has 1 unspecified atom stereocenters. The lowest BCUT2D eigenvalue weighted by Gasteiger charge is -2.30. The van der Waals surface area contributed by atoms with Crippen LogP contribution in [0.25, 0.3) is 11.0 Å². The predicted octanol–water partition coefficient (Wildman–Crippen LogP) is 2.09. The Hall–Kier alpha value is -2.50. The molecule has 2 aromatic rings. The molecule has 2 N–H and O–H groups in total. The smallest absolute Gasteiger partial charge is 0.289 e. The second kappa shape index (κ2) is 5.95. The summed E-state index contributed by atoms with van der Waals surface area (Å²) in [6, 6.07) is 5.44. The van der Waals surface area contributed by atoms with Crippen molar-refractivity contribution < 1.29 is 18.7 Å². The molecule has 0 spiro atoms. The van der Waals surface area contributed by atoms with Crippen molar-refractivity contribution in [3.05, 3.63) is 29.5 Å². The number of fused-ring (bicyclic) bond motifs is 1. The first-order valence-corrected chi connectivity index (χ1v) is 7.67. The summed E-state index contributed by atoms with van der Waals surface area (Å²) in [5.41, 5.74) is 6.81. The predicted molar refractivity (Wildman–Crippen MR) is 85.3 cm³/mol. The van der Waals surface area contributed by atoms with E-state index in [0.717, 1.165) is 23.8 Å². The van der Waals surface area contributed by atoms with Crippen LogP contribution in [0.15, 0.2) is 22.6 Å². The van der Waals surface area contributed by atoms with E-state index in [-0.39, 0.29) is 17.7 Å². The molecule has 0 saturated carbocycles. The number of aryl methyl sites for hydroxylation is 1. The number of piperidine rings is 1. The van der Waals surface area contributed by atoms with Crippen molar-refractivity contribution in [2.24, 2.45) is 11.7 Å². The number of likely N-dealkylation sites (tertiary alicyclic amines) is 1. The highest BCUT2D eigenvalue weighted by Gasteiger charge is 2.30. The number of amides is 2. The molecule has 2 amide bonds. The second-order valence-electron chi connectivity index (χ2n) is 5.91. The lowest BCUT2D eigenvalue weighted by molar-refractivity contribution is -0.123. The molecule has 1 atom stereocenters. The van der Waals surface area contributed by atoms with Gasteiger partial charge in [-0.3, -0.25) is 9.59 Å². The Balaban J connectivity index is 1.91. The highest BCUT2D eigenvalue weighted by Crippen LogP contribution is 2.30. The number of primary amides is 1. The lowest BCUT2D eigenvalue weighted by Crippen LogP contribution is -2.44. The topological polar surface area (TPSA) is 85.8 Å². The molecule has 122 valence electrons. The van der Waals surface area contributed by atoms with Gasteiger partial charge in [-0.1, -0.05) is 0 Å². The van der Waals surface area contributed by atoms with Crippen LogP contribution in [0.5, 0.6) is 5.75 Å². The van der Waals surface area contributed by atoms with Crippen LogP contribution >= 0.6 is 0 Å². The number of nitrogens with two attached hydrogens (primary N) is 1. The molecule has 0 aliphatic carbocycles. The molecule has 1 saturated heterocycles. The van der Waals surface area contributed by atoms with Crippen molar-refractivity contribution >= 4 is 22.8 Å². The summed E-state index contributed by atoms with van der Waals surface area (Å²) in [6.45, 7) is 2.82. The van der Waals surface area contributed by atoms with Crippen LogP contribution in [-0.4, -0.2) is 36.9 Å². The Morgan fingerprint density at radius 2 is 2.17 bits per heavy atom. The zero-order valence-corrected chi connectivity index (χ0v) is 13.3. The molecular weight excluding hydrogens is 296 g/mol. The van der Waals surface area contributed by atoms with E-state index in [1.54, 1.807) is 24.1 Å². The number of benzene rings is 1. The SMILES string of the molecule is COc1ccc2oc(C(=O)N3CCCC(C(N)=O)C3)c(C)c2c1. The third-order valence-corrected chi connectivity index (χ3v) is 4.45. The van der Waals surface area contributed by atoms with Gasteiger partial charge in [-0.25, -0.2) is 0 Å². The van der Waals surface area contributed by atoms with Gasteiger partial charge in [0.05, 0.1) is 13.0 Å². The molecule has 0 bridgehead atoms. The number of furan rings is 1. The fourth-order valence-corrected chi connectivity index (χ4v) is 3.07. The summed E-state index contributed by atoms with van der Waals surface area (Å²) in [5.74, 6) is 0.209. The molecule has 0 radical (unpaired) electrons. The largest absolute Gasteiger partial charge is 0.497 e. The molecule has 3 rings (SSSR count). The Labute approximate surface area is 134 Å². The molecule has 6 heteroatoms. The number of carbonyl (C=O) groups excluding carboxylic acids is 2. The van der Waals surface area contributed by atoms with E-state index >= 15 is 0 Å². The third kappa shape index (κ3) is 2.76. The minimum absolute atomic E-state index is 0.191. The fraction of sp³-hybridized carbons (Fsp3) is 0.412. The molecule has 2 heterocycles. The van der Waals surface area contributed by atoms with Gasteiger partial charge in [0.1, 0.15) is 11.3 Å². The number of carbonyl (C=O) groups is 2. The van der Waals surface area contributed by atoms with Gasteiger partial charge < -0.3 is 19.8 Å². The van der Waals surface area contributed by atoms with Crippen molar-refractivity contribution in [3.8, 4) is 5.75 Å². The van der Waals surface area contributed by atoms with E-state index < -0.39 is 0 Å². The molecule has 6 nitrogen and oxygen atoms in total. The molecule has 1 aromatic carbocycles. The highest BCUT2D eigenvalue weighted by molar-refractivity contribution is 5.99. The maximum absolute atomic E-state index is 12.8. The molecule has 1 aliphatic heterocycles. The normalized spacial score (nSPS) is 18.2. The standard InChI is InChI=1S/C17H20N2O4/c1-10-13-8-12(22-2)5-6-14(13)23-15(10)17(21)19-7-3-4-11(9-19)16(18)20/h5-6,8,11H,3-4,7,9H2,1-2H3,(H2,18,20). The first-order valence-electron chi connectivity index (χ1n) is 7.67. The summed E-state index contributed by atoms with van der Waals surface area (Å²) in [6.07, 6.45) is 1.50. The quantitative estimate of drug-likeness (QED) is 0.939. The van der Waals surface area contributed by atoms with Gasteiger partial charge >= 0.3 is 0 Å². The van der Waals surface area contributed by atoms with Crippen LogP contribution in [0.4, 0.5) is 0 Å². The van der Waals surface area contributed by atoms with E-state index in [9.17, 15) is 9.59 Å². The number of methoxy groups -OCH3 is 1. The number of nitrogens with zero attached hydrogens (tertiary/aromatic N) is 1. The zero-order valence-electron chi connectivity index (χ0n) is 13.3. The summed E-state index contributed by atoms with van der Waals surface area (Å²) >= 11 is 0. The van der Waals surface area contributed by atoms with E-state index in [1.165, 1.54) is 0 Å². The Bertz CT molecular complexity index is 765. The Morgan fingerprint density at radius 3 is 2.87 bits per heavy atom. The van der Waals surface area contributed by atoms with E-state index in [2.05, 4.69) is 0 Å². The molecule has 1 aromatic heterocycles. The van der Waals surface area contributed by atoms with Crippen molar-refractivity contribution in [2.45, 2.75) is 19.8 Å². The second-order valence-corrected chi connectivity index (χ2v) is 5.91. The number of hydrogen-bond donors (Lipinski definition) is 1. The maximum atomic E-state index is 12.8. The van der Waals surface area contributed by atoms with E-state index in [1.807, 2.05) is 13.0 Å². The summed E-state index contributed by atoms with van der Waals surface area (Å²) in [4.78, 5) is 25.8. The first-order chi connectivity index (χ1) is 11.0. The van der Waals surface area contributed by atoms with Crippen molar-refractivity contribution in [3.63, 3.8) is 0 Å². The third-order valence-electron chi connectivity index (χ3n) is 4.45. The van der Waals surface area contributed by atoms with Crippen molar-refractivity contribution in [1.82, 2.24) is 4.90 Å². The molecule has 23 heavy (non-hydrogen) atoms. The van der Waals surface area contributed by atoms with Gasteiger partial charge in [0.2, 0.25) is 5.91 Å². The average molecular weight is 316 g/mol. The van der Waals surface area contributed by atoms with Crippen LogP contribution in [0.1, 0.15) is 29.0 Å². The summed E-state index contributed by atoms with van der Waals surface area (Å²) < 4.78 is 11.0. The fourth-order valence-electron chi connectivity index (χ4n) is 3.07. The first kappa shape index (κ1) is 15.4. The van der Waals surface area contributed by atoms with Crippen molar-refractivity contribution in [2.75, 3.05) is 20.2 Å². The molecular formula is C17H20N2O4. The van der Waals surface area contributed by atoms with E-state index in [4.69, 9.17) is 14.9 Å². The van der Waals surface area contributed by atoms with Gasteiger partial charge in [-0.05, 0) is 38.0 Å². The zero-order chi connectivity index (χ0) is 16.6. The van der Waals surface area contributed by atoms with Crippen LogP contribution in [0.2, 0.25) is 0 Å².